The maximum absolute atomic E-state index is 4.74. The van der Waals surface area contributed by atoms with Crippen molar-refractivity contribution in [2.45, 2.75) is 39.8 Å². The summed E-state index contributed by atoms with van der Waals surface area (Å²) >= 11 is 3.58. The summed E-state index contributed by atoms with van der Waals surface area (Å²) in [6.07, 6.45) is 1.01. The van der Waals surface area contributed by atoms with Crippen molar-refractivity contribution >= 4 is 22.7 Å². The second kappa shape index (κ2) is 5.76. The second-order valence-electron chi connectivity index (χ2n) is 4.26. The SMILES string of the molecule is CCc1nc(-c2cccs2)sc1CNC(C)C. The Morgan fingerprint density at radius 2 is 2.24 bits per heavy atom. The van der Waals surface area contributed by atoms with Crippen LogP contribution in [0.15, 0.2) is 17.5 Å². The molecule has 4 heteroatoms. The minimum Gasteiger partial charge on any atom is -0.310 e. The van der Waals surface area contributed by atoms with Crippen molar-refractivity contribution in [1.29, 1.82) is 0 Å². The van der Waals surface area contributed by atoms with Gasteiger partial charge in [0.15, 0.2) is 0 Å². The smallest absolute Gasteiger partial charge is 0.133 e. The second-order valence-corrected chi connectivity index (χ2v) is 6.29. The number of thiophene rings is 1. The van der Waals surface area contributed by atoms with E-state index < -0.39 is 0 Å². The van der Waals surface area contributed by atoms with Crippen molar-refractivity contribution in [3.63, 3.8) is 0 Å². The zero-order chi connectivity index (χ0) is 12.3. The van der Waals surface area contributed by atoms with E-state index in [-0.39, 0.29) is 0 Å². The molecule has 0 spiro atoms. The van der Waals surface area contributed by atoms with E-state index in [1.165, 1.54) is 15.4 Å². The normalized spacial score (nSPS) is 11.3. The molecule has 1 N–H and O–H groups in total. The molecule has 2 aromatic heterocycles. The van der Waals surface area contributed by atoms with Gasteiger partial charge in [0, 0.05) is 17.5 Å². The first-order chi connectivity index (χ1) is 8.20. The fourth-order valence-corrected chi connectivity index (χ4v) is 3.50. The van der Waals surface area contributed by atoms with E-state index in [0.717, 1.165) is 18.0 Å². The first kappa shape index (κ1) is 12.7. The van der Waals surface area contributed by atoms with E-state index in [4.69, 9.17) is 4.98 Å². The van der Waals surface area contributed by atoms with E-state index in [2.05, 4.69) is 43.6 Å². The molecule has 2 rings (SSSR count). The summed E-state index contributed by atoms with van der Waals surface area (Å²) in [5.41, 5.74) is 1.24. The molecule has 0 amide bonds. The van der Waals surface area contributed by atoms with Crippen LogP contribution in [0.4, 0.5) is 0 Å². The van der Waals surface area contributed by atoms with Crippen LogP contribution in [-0.4, -0.2) is 11.0 Å². The Bertz CT molecular complexity index is 458. The molecule has 0 unspecified atom stereocenters. The molecule has 17 heavy (non-hydrogen) atoms. The molecule has 0 aliphatic rings. The van der Waals surface area contributed by atoms with Gasteiger partial charge < -0.3 is 5.32 Å². The Balaban J connectivity index is 2.20. The van der Waals surface area contributed by atoms with Gasteiger partial charge in [0.05, 0.1) is 10.6 Å². The molecule has 0 bridgehead atoms. The standard InChI is InChI=1S/C13H18N2S2/c1-4-10-12(8-14-9(2)3)17-13(15-10)11-6-5-7-16-11/h5-7,9,14H,4,8H2,1-3H3. The molecule has 92 valence electrons. The number of hydrogen-bond acceptors (Lipinski definition) is 4. The van der Waals surface area contributed by atoms with Gasteiger partial charge in [-0.25, -0.2) is 4.98 Å². The largest absolute Gasteiger partial charge is 0.310 e. The number of nitrogens with one attached hydrogen (secondary N) is 1. The maximum atomic E-state index is 4.74. The number of rotatable bonds is 5. The zero-order valence-corrected chi connectivity index (χ0v) is 12.1. The van der Waals surface area contributed by atoms with Gasteiger partial charge in [0.1, 0.15) is 5.01 Å². The summed E-state index contributed by atoms with van der Waals surface area (Å²) in [5.74, 6) is 0. The predicted molar refractivity (Wildman–Crippen MR) is 76.8 cm³/mol. The molecule has 0 saturated heterocycles. The molecule has 2 aromatic rings. The van der Waals surface area contributed by atoms with Gasteiger partial charge in [-0.15, -0.1) is 22.7 Å². The van der Waals surface area contributed by atoms with Crippen molar-refractivity contribution in [3.8, 4) is 9.88 Å². The number of aromatic nitrogens is 1. The Morgan fingerprint density at radius 3 is 2.82 bits per heavy atom. The van der Waals surface area contributed by atoms with Crippen LogP contribution in [0.25, 0.3) is 9.88 Å². The topological polar surface area (TPSA) is 24.9 Å². The summed E-state index contributed by atoms with van der Waals surface area (Å²) in [5, 5.41) is 6.74. The fraction of sp³-hybridized carbons (Fsp3) is 0.462. The van der Waals surface area contributed by atoms with Crippen LogP contribution in [-0.2, 0) is 13.0 Å². The highest BCUT2D eigenvalue weighted by molar-refractivity contribution is 7.21. The molecular formula is C13H18N2S2. The number of thiazole rings is 1. The van der Waals surface area contributed by atoms with E-state index in [0.29, 0.717) is 6.04 Å². The van der Waals surface area contributed by atoms with E-state index >= 15 is 0 Å². The van der Waals surface area contributed by atoms with E-state index in [1.807, 2.05) is 11.3 Å². The summed E-state index contributed by atoms with van der Waals surface area (Å²) in [4.78, 5) is 7.40. The monoisotopic (exact) mass is 266 g/mol. The van der Waals surface area contributed by atoms with Gasteiger partial charge in [0.25, 0.3) is 0 Å². The van der Waals surface area contributed by atoms with Crippen molar-refractivity contribution in [2.24, 2.45) is 0 Å². The maximum Gasteiger partial charge on any atom is 0.133 e. The lowest BCUT2D eigenvalue weighted by molar-refractivity contribution is 0.590. The molecular weight excluding hydrogens is 248 g/mol. The van der Waals surface area contributed by atoms with Gasteiger partial charge in [0.2, 0.25) is 0 Å². The predicted octanol–water partition coefficient (Wildman–Crippen LogP) is 3.93. The molecule has 0 fully saturated rings. The van der Waals surface area contributed by atoms with E-state index in [9.17, 15) is 0 Å². The molecule has 0 aliphatic carbocycles. The lowest BCUT2D eigenvalue weighted by Gasteiger charge is -2.06. The minimum atomic E-state index is 0.520. The molecule has 0 atom stereocenters. The van der Waals surface area contributed by atoms with Gasteiger partial charge in [-0.05, 0) is 17.9 Å². The lowest BCUT2D eigenvalue weighted by atomic mass is 10.3. The minimum absolute atomic E-state index is 0.520. The van der Waals surface area contributed by atoms with Crippen molar-refractivity contribution in [3.05, 3.63) is 28.1 Å². The average Bonchev–Trinajstić information content (AvgIpc) is 2.94. The lowest BCUT2D eigenvalue weighted by Crippen LogP contribution is -2.21. The molecule has 2 heterocycles. The van der Waals surface area contributed by atoms with Crippen LogP contribution in [0.5, 0.6) is 0 Å². The van der Waals surface area contributed by atoms with Crippen molar-refractivity contribution in [1.82, 2.24) is 10.3 Å². The quantitative estimate of drug-likeness (QED) is 0.887. The molecule has 0 saturated carbocycles. The van der Waals surface area contributed by atoms with Crippen LogP contribution >= 0.6 is 22.7 Å². The number of aryl methyl sites for hydroxylation is 1. The first-order valence-electron chi connectivity index (χ1n) is 5.96. The van der Waals surface area contributed by atoms with Gasteiger partial charge in [-0.2, -0.15) is 0 Å². The van der Waals surface area contributed by atoms with Crippen LogP contribution in [0.2, 0.25) is 0 Å². The van der Waals surface area contributed by atoms with Crippen LogP contribution in [0.3, 0.4) is 0 Å². The number of hydrogen-bond donors (Lipinski definition) is 1. The van der Waals surface area contributed by atoms with Crippen molar-refractivity contribution in [2.75, 3.05) is 0 Å². The molecule has 0 radical (unpaired) electrons. The summed E-state index contributed by atoms with van der Waals surface area (Å²) in [7, 11) is 0. The van der Waals surface area contributed by atoms with Crippen LogP contribution in [0.1, 0.15) is 31.3 Å². The van der Waals surface area contributed by atoms with Crippen molar-refractivity contribution < 1.29 is 0 Å². The third-order valence-electron chi connectivity index (χ3n) is 2.52. The zero-order valence-electron chi connectivity index (χ0n) is 10.5. The van der Waals surface area contributed by atoms with E-state index in [1.54, 1.807) is 11.3 Å². The summed E-state index contributed by atoms with van der Waals surface area (Å²) in [6, 6.07) is 4.74. The summed E-state index contributed by atoms with van der Waals surface area (Å²) < 4.78 is 0. The number of nitrogens with zero attached hydrogens (tertiary/aromatic N) is 1. The Morgan fingerprint density at radius 1 is 1.41 bits per heavy atom. The molecule has 2 nitrogen and oxygen atoms in total. The van der Waals surface area contributed by atoms with Crippen LogP contribution < -0.4 is 5.32 Å². The van der Waals surface area contributed by atoms with Gasteiger partial charge in [-0.1, -0.05) is 26.8 Å². The third-order valence-corrected chi connectivity index (χ3v) is 4.65. The first-order valence-corrected chi connectivity index (χ1v) is 7.66. The fourth-order valence-electron chi connectivity index (χ4n) is 1.60. The molecule has 0 aromatic carbocycles. The van der Waals surface area contributed by atoms with Gasteiger partial charge in [-0.3, -0.25) is 0 Å². The summed E-state index contributed by atoms with van der Waals surface area (Å²) in [6.45, 7) is 7.45. The Labute approximate surface area is 111 Å². The Hall–Kier alpha value is -0.710. The highest BCUT2D eigenvalue weighted by Gasteiger charge is 2.11. The Kier molecular flexibility index (Phi) is 4.31. The molecule has 0 aliphatic heterocycles. The van der Waals surface area contributed by atoms with Crippen LogP contribution in [0, 0.1) is 0 Å². The highest BCUT2D eigenvalue weighted by atomic mass is 32.1. The average molecular weight is 266 g/mol. The highest BCUT2D eigenvalue weighted by Crippen LogP contribution is 2.31. The third kappa shape index (κ3) is 3.15. The van der Waals surface area contributed by atoms with Gasteiger partial charge >= 0.3 is 0 Å².